The number of halogens is 6. The molecule has 2 aromatic carbocycles. The standard InChI is InChI=1S/C17H13F3I3NO6S/c18-17(19,20)31(27,28)24-5-6-29-15(25)9-1-3-11(4-2-9)30-16(26)12-7-10(21)8-13(22)14(12)23/h1-4,7-8,16,24,26H,5-6H2. The number of carbonyl (C=O) groups is 1. The van der Waals surface area contributed by atoms with E-state index < -0.39 is 40.9 Å². The zero-order valence-corrected chi connectivity index (χ0v) is 22.4. The molecule has 0 spiro atoms. The smallest absolute Gasteiger partial charge is 0.461 e. The maximum Gasteiger partial charge on any atom is 0.511 e. The highest BCUT2D eigenvalue weighted by molar-refractivity contribution is 14.1. The second-order valence-electron chi connectivity index (χ2n) is 5.76. The Morgan fingerprint density at radius 2 is 1.74 bits per heavy atom. The number of carbonyl (C=O) groups excluding carboxylic acids is 1. The summed E-state index contributed by atoms with van der Waals surface area (Å²) in [6.07, 6.45) is -1.24. The Morgan fingerprint density at radius 3 is 2.32 bits per heavy atom. The molecule has 170 valence electrons. The first-order chi connectivity index (χ1) is 14.3. The first-order valence-electron chi connectivity index (χ1n) is 8.14. The van der Waals surface area contributed by atoms with Crippen LogP contribution >= 0.6 is 67.8 Å². The molecule has 0 heterocycles. The number of esters is 1. The fraction of sp³-hybridized carbons (Fsp3) is 0.235. The van der Waals surface area contributed by atoms with E-state index in [-0.39, 0.29) is 11.3 Å². The molecule has 0 saturated carbocycles. The van der Waals surface area contributed by atoms with Crippen molar-refractivity contribution >= 4 is 83.8 Å². The normalized spacial score (nSPS) is 13.0. The molecule has 0 bridgehead atoms. The molecule has 0 aliphatic rings. The van der Waals surface area contributed by atoms with Crippen molar-refractivity contribution in [2.45, 2.75) is 11.8 Å². The van der Waals surface area contributed by atoms with Gasteiger partial charge in [0.25, 0.3) is 0 Å². The molecule has 0 aromatic heterocycles. The fourth-order valence-corrected chi connectivity index (χ4v) is 5.09. The van der Waals surface area contributed by atoms with Crippen LogP contribution in [0.2, 0.25) is 0 Å². The Labute approximate surface area is 216 Å². The van der Waals surface area contributed by atoms with E-state index in [0.29, 0.717) is 5.56 Å². The van der Waals surface area contributed by atoms with Crippen LogP contribution in [0.3, 0.4) is 0 Å². The van der Waals surface area contributed by atoms with E-state index in [1.54, 1.807) is 6.07 Å². The number of rotatable bonds is 8. The summed E-state index contributed by atoms with van der Waals surface area (Å²) in [5.41, 5.74) is -4.79. The maximum atomic E-state index is 12.2. The first kappa shape index (κ1) is 26.8. The summed E-state index contributed by atoms with van der Waals surface area (Å²) in [5, 5.41) is 10.4. The Kier molecular flexibility index (Phi) is 9.62. The van der Waals surface area contributed by atoms with Crippen molar-refractivity contribution in [2.75, 3.05) is 13.2 Å². The van der Waals surface area contributed by atoms with Crippen LogP contribution in [-0.2, 0) is 14.8 Å². The van der Waals surface area contributed by atoms with Crippen molar-refractivity contribution in [3.05, 3.63) is 58.2 Å². The van der Waals surface area contributed by atoms with Gasteiger partial charge in [-0.15, -0.1) is 0 Å². The number of aliphatic hydroxyl groups is 1. The van der Waals surface area contributed by atoms with E-state index in [1.165, 1.54) is 29.0 Å². The lowest BCUT2D eigenvalue weighted by Gasteiger charge is -2.16. The lowest BCUT2D eigenvalue weighted by atomic mass is 10.2. The molecule has 31 heavy (non-hydrogen) atoms. The second kappa shape index (κ2) is 11.1. The van der Waals surface area contributed by atoms with E-state index in [1.807, 2.05) is 6.07 Å². The topological polar surface area (TPSA) is 102 Å². The van der Waals surface area contributed by atoms with Gasteiger partial charge in [0.1, 0.15) is 12.4 Å². The van der Waals surface area contributed by atoms with E-state index in [4.69, 9.17) is 9.47 Å². The number of ether oxygens (including phenoxy) is 2. The Morgan fingerprint density at radius 1 is 1.13 bits per heavy atom. The predicted octanol–water partition coefficient (Wildman–Crippen LogP) is 4.17. The zero-order chi connectivity index (χ0) is 23.4. The molecule has 1 atom stereocenters. The number of nitrogens with one attached hydrogen (secondary N) is 1. The zero-order valence-electron chi connectivity index (χ0n) is 15.1. The molecular formula is C17H13F3I3NO6S. The molecule has 14 heteroatoms. The van der Waals surface area contributed by atoms with E-state index in [0.717, 1.165) is 10.7 Å². The Balaban J connectivity index is 1.92. The highest BCUT2D eigenvalue weighted by atomic mass is 127. The van der Waals surface area contributed by atoms with Crippen LogP contribution in [-0.4, -0.2) is 38.2 Å². The van der Waals surface area contributed by atoms with Crippen molar-refractivity contribution in [3.63, 3.8) is 0 Å². The van der Waals surface area contributed by atoms with Gasteiger partial charge in [-0.3, -0.25) is 0 Å². The average Bonchev–Trinajstić information content (AvgIpc) is 2.67. The molecule has 0 fully saturated rings. The average molecular weight is 797 g/mol. The summed E-state index contributed by atoms with van der Waals surface area (Å²) in [4.78, 5) is 11.9. The molecule has 2 rings (SSSR count). The summed E-state index contributed by atoms with van der Waals surface area (Å²) in [6.45, 7) is -1.32. The minimum absolute atomic E-state index is 0.0684. The third-order valence-corrected chi connectivity index (χ3v) is 8.46. The highest BCUT2D eigenvalue weighted by Gasteiger charge is 2.45. The van der Waals surface area contributed by atoms with Gasteiger partial charge in [0, 0.05) is 22.8 Å². The molecular weight excluding hydrogens is 784 g/mol. The minimum atomic E-state index is -5.49. The summed E-state index contributed by atoms with van der Waals surface area (Å²) >= 11 is 6.38. The summed E-state index contributed by atoms with van der Waals surface area (Å²) in [7, 11) is -5.49. The van der Waals surface area contributed by atoms with E-state index >= 15 is 0 Å². The number of benzene rings is 2. The lowest BCUT2D eigenvalue weighted by Crippen LogP contribution is -2.38. The van der Waals surface area contributed by atoms with Crippen molar-refractivity contribution in [1.29, 1.82) is 0 Å². The highest BCUT2D eigenvalue weighted by Crippen LogP contribution is 2.29. The molecule has 1 unspecified atom stereocenters. The van der Waals surface area contributed by atoms with Gasteiger partial charge >= 0.3 is 21.5 Å². The van der Waals surface area contributed by atoms with Crippen LogP contribution in [0.5, 0.6) is 5.75 Å². The van der Waals surface area contributed by atoms with Crippen molar-refractivity contribution in [1.82, 2.24) is 4.72 Å². The van der Waals surface area contributed by atoms with Gasteiger partial charge < -0.3 is 14.6 Å². The number of alkyl halides is 3. The lowest BCUT2D eigenvalue weighted by molar-refractivity contribution is -0.0448. The minimum Gasteiger partial charge on any atom is -0.461 e. The van der Waals surface area contributed by atoms with Gasteiger partial charge in [-0.25, -0.2) is 17.9 Å². The van der Waals surface area contributed by atoms with E-state index in [2.05, 4.69) is 67.8 Å². The van der Waals surface area contributed by atoms with Crippen LogP contribution < -0.4 is 9.46 Å². The maximum absolute atomic E-state index is 12.2. The van der Waals surface area contributed by atoms with Crippen LogP contribution in [0.1, 0.15) is 22.2 Å². The molecule has 2 N–H and O–H groups in total. The molecule has 2 aromatic rings. The van der Waals surface area contributed by atoms with Gasteiger partial charge in [-0.2, -0.15) is 13.2 Å². The van der Waals surface area contributed by atoms with Gasteiger partial charge in [-0.05, 0) is 104 Å². The van der Waals surface area contributed by atoms with Crippen molar-refractivity contribution in [2.24, 2.45) is 0 Å². The molecule has 0 aliphatic heterocycles. The number of sulfonamides is 1. The number of hydrogen-bond acceptors (Lipinski definition) is 6. The second-order valence-corrected chi connectivity index (χ2v) is 11.0. The largest absolute Gasteiger partial charge is 0.511 e. The summed E-state index contributed by atoms with van der Waals surface area (Å²) in [5.74, 6) is -0.591. The van der Waals surface area contributed by atoms with E-state index in [9.17, 15) is 31.5 Å². The van der Waals surface area contributed by atoms with Crippen molar-refractivity contribution < 1.29 is 41.0 Å². The van der Waals surface area contributed by atoms with Gasteiger partial charge in [0.05, 0.1) is 5.56 Å². The number of aliphatic hydroxyl groups excluding tert-OH is 1. The fourth-order valence-electron chi connectivity index (χ4n) is 2.10. The first-order valence-corrected chi connectivity index (χ1v) is 12.9. The molecule has 0 aliphatic carbocycles. The van der Waals surface area contributed by atoms with Crippen LogP contribution in [0.15, 0.2) is 36.4 Å². The Hall–Kier alpha value is -0.440. The van der Waals surface area contributed by atoms with Crippen LogP contribution in [0.4, 0.5) is 13.2 Å². The molecule has 0 saturated heterocycles. The third-order valence-electron chi connectivity index (χ3n) is 3.56. The van der Waals surface area contributed by atoms with Crippen LogP contribution in [0.25, 0.3) is 0 Å². The SMILES string of the molecule is O=C(OCCNS(=O)(=O)C(F)(F)F)c1ccc(OC(O)c2cc(I)cc(I)c2I)cc1. The molecule has 0 amide bonds. The third kappa shape index (κ3) is 7.54. The summed E-state index contributed by atoms with van der Waals surface area (Å²) in [6, 6.07) is 9.25. The Bertz CT molecular complexity index is 1050. The van der Waals surface area contributed by atoms with Crippen LogP contribution in [0, 0.1) is 10.7 Å². The van der Waals surface area contributed by atoms with Gasteiger partial charge in [0.15, 0.2) is 0 Å². The monoisotopic (exact) mass is 797 g/mol. The van der Waals surface area contributed by atoms with Crippen molar-refractivity contribution in [3.8, 4) is 5.75 Å². The summed E-state index contributed by atoms with van der Waals surface area (Å²) < 4.78 is 72.5. The van der Waals surface area contributed by atoms with Gasteiger partial charge in [0.2, 0.25) is 6.29 Å². The molecule has 0 radical (unpaired) electrons. The molecule has 7 nitrogen and oxygen atoms in total. The predicted molar refractivity (Wildman–Crippen MR) is 130 cm³/mol. The quantitative estimate of drug-likeness (QED) is 0.137. The number of hydrogen-bond donors (Lipinski definition) is 2. The van der Waals surface area contributed by atoms with Gasteiger partial charge in [-0.1, -0.05) is 0 Å².